The molecule has 6 nitrogen and oxygen atoms in total. The van der Waals surface area contributed by atoms with Gasteiger partial charge in [0.25, 0.3) is 0 Å². The Morgan fingerprint density at radius 2 is 1.95 bits per heavy atom. The van der Waals surface area contributed by atoms with Gasteiger partial charge in [-0.15, -0.1) is 0 Å². The molecule has 118 valence electrons. The number of carboxylic acid groups (broad SMARTS) is 1. The topological polar surface area (TPSA) is 92.7 Å². The minimum atomic E-state index is -3.24. The summed E-state index contributed by atoms with van der Waals surface area (Å²) in [6.07, 6.45) is 1.06. The van der Waals surface area contributed by atoms with Crippen molar-refractivity contribution in [1.29, 1.82) is 0 Å². The second kappa shape index (κ2) is 7.99. The molecule has 1 unspecified atom stereocenters. The van der Waals surface area contributed by atoms with E-state index in [1.54, 1.807) is 26.2 Å². The van der Waals surface area contributed by atoms with Gasteiger partial charge in [-0.05, 0) is 37.1 Å². The molecule has 0 aliphatic heterocycles. The van der Waals surface area contributed by atoms with Crippen LogP contribution in [0.15, 0.2) is 29.2 Å². The highest BCUT2D eigenvalue weighted by molar-refractivity contribution is 7.91. The number of carboxylic acids is 1. The molecule has 0 aliphatic rings. The smallest absolute Gasteiger partial charge is 0.326 e. The Morgan fingerprint density at radius 1 is 1.33 bits per heavy atom. The van der Waals surface area contributed by atoms with Gasteiger partial charge in [-0.25, -0.2) is 13.2 Å². The Morgan fingerprint density at radius 3 is 2.43 bits per heavy atom. The van der Waals surface area contributed by atoms with E-state index in [-0.39, 0.29) is 10.6 Å². The molecule has 0 saturated heterocycles. The normalized spacial score (nSPS) is 12.9. The zero-order valence-electron chi connectivity index (χ0n) is 12.2. The lowest BCUT2D eigenvalue weighted by Crippen LogP contribution is -2.29. The number of hydrogen-bond acceptors (Lipinski definition) is 5. The maximum atomic E-state index is 11.7. The number of aliphatic carboxylic acids is 1. The van der Waals surface area contributed by atoms with E-state index in [1.807, 2.05) is 0 Å². The lowest BCUT2D eigenvalue weighted by Gasteiger charge is -2.15. The summed E-state index contributed by atoms with van der Waals surface area (Å²) in [6.45, 7) is 2.08. The number of nitrogens with one attached hydrogen (secondary N) is 1. The lowest BCUT2D eigenvalue weighted by molar-refractivity contribution is -0.138. The highest BCUT2D eigenvalue weighted by Gasteiger charge is 2.17. The summed E-state index contributed by atoms with van der Waals surface area (Å²) in [5.74, 6) is -0.912. The molecule has 0 spiro atoms. The zero-order valence-corrected chi connectivity index (χ0v) is 13.0. The average Bonchev–Trinajstić information content (AvgIpc) is 2.46. The highest BCUT2D eigenvalue weighted by atomic mass is 32.2. The average molecular weight is 315 g/mol. The molecule has 21 heavy (non-hydrogen) atoms. The molecule has 1 atom stereocenters. The van der Waals surface area contributed by atoms with Crippen LogP contribution < -0.4 is 5.32 Å². The van der Waals surface area contributed by atoms with E-state index in [2.05, 4.69) is 5.32 Å². The third kappa shape index (κ3) is 5.35. The molecule has 0 saturated carbocycles. The number of hydrogen-bond donors (Lipinski definition) is 2. The molecule has 0 aromatic heterocycles. The first-order chi connectivity index (χ1) is 9.90. The van der Waals surface area contributed by atoms with Crippen molar-refractivity contribution in [3.8, 4) is 0 Å². The largest absolute Gasteiger partial charge is 0.480 e. The van der Waals surface area contributed by atoms with Crippen molar-refractivity contribution in [2.24, 2.45) is 0 Å². The zero-order chi connectivity index (χ0) is 15.9. The Balaban J connectivity index is 2.74. The van der Waals surface area contributed by atoms with Gasteiger partial charge in [0, 0.05) is 19.4 Å². The molecular weight excluding hydrogens is 294 g/mol. The lowest BCUT2D eigenvalue weighted by atomic mass is 10.1. The molecule has 0 bridgehead atoms. The fraction of sp³-hybridized carbons (Fsp3) is 0.500. The molecule has 1 rings (SSSR count). The first-order valence-corrected chi connectivity index (χ1v) is 8.37. The van der Waals surface area contributed by atoms with Crippen LogP contribution in [0.1, 0.15) is 19.8 Å². The first kappa shape index (κ1) is 17.5. The number of ether oxygens (including phenoxy) is 1. The molecule has 0 amide bonds. The minimum Gasteiger partial charge on any atom is -0.480 e. The standard InChI is InChI=1S/C14H21NO5S/c1-3-21(18,19)12-8-6-11(7-9-12)15-13(14(16)17)5-4-10-20-2/h6-9,13,15H,3-5,10H2,1-2H3,(H,16,17). The van der Waals surface area contributed by atoms with E-state index in [4.69, 9.17) is 9.84 Å². The van der Waals surface area contributed by atoms with Gasteiger partial charge in [0.05, 0.1) is 10.6 Å². The van der Waals surface area contributed by atoms with Gasteiger partial charge in [0.15, 0.2) is 9.84 Å². The van der Waals surface area contributed by atoms with Gasteiger partial charge >= 0.3 is 5.97 Å². The summed E-state index contributed by atoms with van der Waals surface area (Å²) in [4.78, 5) is 11.4. The van der Waals surface area contributed by atoms with Crippen LogP contribution in [-0.4, -0.2) is 45.0 Å². The van der Waals surface area contributed by atoms with E-state index >= 15 is 0 Å². The Hall–Kier alpha value is -1.60. The quantitative estimate of drug-likeness (QED) is 0.675. The van der Waals surface area contributed by atoms with E-state index in [0.29, 0.717) is 25.1 Å². The van der Waals surface area contributed by atoms with Crippen LogP contribution in [-0.2, 0) is 19.4 Å². The Bertz CT molecular complexity index is 553. The number of anilines is 1. The van der Waals surface area contributed by atoms with Gasteiger partial charge in [-0.2, -0.15) is 0 Å². The van der Waals surface area contributed by atoms with Crippen LogP contribution in [0, 0.1) is 0 Å². The van der Waals surface area contributed by atoms with Crippen molar-refractivity contribution < 1.29 is 23.1 Å². The Kier molecular flexibility index (Phi) is 6.64. The van der Waals surface area contributed by atoms with Gasteiger partial charge in [-0.3, -0.25) is 0 Å². The maximum absolute atomic E-state index is 11.7. The van der Waals surface area contributed by atoms with Crippen molar-refractivity contribution in [2.75, 3.05) is 24.8 Å². The highest BCUT2D eigenvalue weighted by Crippen LogP contribution is 2.17. The van der Waals surface area contributed by atoms with E-state index in [1.165, 1.54) is 12.1 Å². The molecule has 1 aromatic carbocycles. The summed E-state index contributed by atoms with van der Waals surface area (Å²) >= 11 is 0. The molecule has 1 aromatic rings. The molecule has 2 N–H and O–H groups in total. The first-order valence-electron chi connectivity index (χ1n) is 6.71. The third-order valence-corrected chi connectivity index (χ3v) is 4.82. The van der Waals surface area contributed by atoms with Crippen molar-refractivity contribution in [2.45, 2.75) is 30.7 Å². The predicted octanol–water partition coefficient (Wildman–Crippen LogP) is 1.77. The second-order valence-corrected chi connectivity index (χ2v) is 6.88. The van der Waals surface area contributed by atoms with Crippen molar-refractivity contribution >= 4 is 21.5 Å². The summed E-state index contributed by atoms with van der Waals surface area (Å²) in [7, 11) is -1.67. The van der Waals surface area contributed by atoms with Gasteiger partial charge < -0.3 is 15.2 Å². The molecule has 7 heteroatoms. The van der Waals surface area contributed by atoms with E-state index < -0.39 is 21.8 Å². The van der Waals surface area contributed by atoms with Gasteiger partial charge in [0.2, 0.25) is 0 Å². The number of benzene rings is 1. The van der Waals surface area contributed by atoms with Crippen LogP contribution in [0.4, 0.5) is 5.69 Å². The third-order valence-electron chi connectivity index (χ3n) is 3.07. The molecule has 0 aliphatic carbocycles. The summed E-state index contributed by atoms with van der Waals surface area (Å²) in [5.41, 5.74) is 0.579. The fourth-order valence-corrected chi connectivity index (χ4v) is 2.70. The predicted molar refractivity (Wildman–Crippen MR) is 80.3 cm³/mol. The van der Waals surface area contributed by atoms with E-state index in [0.717, 1.165) is 0 Å². The molecular formula is C14H21NO5S. The monoisotopic (exact) mass is 315 g/mol. The van der Waals surface area contributed by atoms with Crippen LogP contribution in [0.2, 0.25) is 0 Å². The van der Waals surface area contributed by atoms with E-state index in [9.17, 15) is 13.2 Å². The maximum Gasteiger partial charge on any atom is 0.326 e. The summed E-state index contributed by atoms with van der Waals surface area (Å²) < 4.78 is 28.3. The van der Waals surface area contributed by atoms with Crippen molar-refractivity contribution in [3.63, 3.8) is 0 Å². The Labute approximate surface area is 125 Å². The van der Waals surface area contributed by atoms with Gasteiger partial charge in [0.1, 0.15) is 6.04 Å². The molecule has 0 radical (unpaired) electrons. The van der Waals surface area contributed by atoms with Crippen LogP contribution >= 0.6 is 0 Å². The number of methoxy groups -OCH3 is 1. The van der Waals surface area contributed by atoms with Crippen molar-refractivity contribution in [1.82, 2.24) is 0 Å². The number of rotatable bonds is 9. The number of carbonyl (C=O) groups is 1. The van der Waals surface area contributed by atoms with Crippen LogP contribution in [0.3, 0.4) is 0 Å². The molecule has 0 heterocycles. The van der Waals surface area contributed by atoms with Crippen LogP contribution in [0.5, 0.6) is 0 Å². The summed E-state index contributed by atoms with van der Waals surface area (Å²) in [5, 5.41) is 12.0. The fourth-order valence-electron chi connectivity index (χ4n) is 1.82. The second-order valence-electron chi connectivity index (χ2n) is 4.60. The van der Waals surface area contributed by atoms with Crippen LogP contribution in [0.25, 0.3) is 0 Å². The van der Waals surface area contributed by atoms with Crippen molar-refractivity contribution in [3.05, 3.63) is 24.3 Å². The number of sulfone groups is 1. The minimum absolute atomic E-state index is 0.0363. The molecule has 0 fully saturated rings. The SMILES string of the molecule is CCS(=O)(=O)c1ccc(NC(CCCOC)C(=O)O)cc1. The van der Waals surface area contributed by atoms with Gasteiger partial charge in [-0.1, -0.05) is 6.92 Å². The summed E-state index contributed by atoms with van der Waals surface area (Å²) in [6, 6.07) is 5.39.